The van der Waals surface area contributed by atoms with Crippen LogP contribution >= 0.6 is 50.7 Å². The molecule has 0 N–H and O–H groups in total. The zero-order valence-corrected chi connectivity index (χ0v) is 23.3. The molecular weight excluding hydrogens is 627 g/mol. The number of rotatable bonds is 5. The molecule has 1 aliphatic heterocycles. The van der Waals surface area contributed by atoms with E-state index in [2.05, 4.69) is 15.9 Å². The first kappa shape index (κ1) is 27.3. The van der Waals surface area contributed by atoms with E-state index in [1.165, 1.54) is 42.3 Å². The third kappa shape index (κ3) is 5.13. The lowest BCUT2D eigenvalue weighted by Crippen LogP contribution is -2.51. The minimum Gasteiger partial charge on any atom is -0.495 e. The molecule has 7 nitrogen and oxygen atoms in total. The highest BCUT2D eigenvalue weighted by atomic mass is 79.9. The lowest BCUT2D eigenvalue weighted by Gasteiger charge is -2.37. The van der Waals surface area contributed by atoms with Crippen LogP contribution in [0.25, 0.3) is 10.9 Å². The molecule has 0 spiro atoms. The number of halogens is 6. The van der Waals surface area contributed by atoms with Gasteiger partial charge in [-0.3, -0.25) is 4.79 Å². The van der Waals surface area contributed by atoms with Crippen molar-refractivity contribution in [1.82, 2.24) is 8.87 Å². The summed E-state index contributed by atoms with van der Waals surface area (Å²) < 4.78 is 59.4. The second kappa shape index (κ2) is 10.2. The summed E-state index contributed by atoms with van der Waals surface area (Å²) in [6.07, 6.45) is -1.91. The number of hydrogen-bond acceptors (Lipinski definition) is 5. The maximum Gasteiger partial charge on any atom is 0.274 e. The van der Waals surface area contributed by atoms with Crippen molar-refractivity contribution in [2.24, 2.45) is 0 Å². The Morgan fingerprint density at radius 1 is 1.08 bits per heavy atom. The quantitative estimate of drug-likeness (QED) is 0.338. The van der Waals surface area contributed by atoms with E-state index < -0.39 is 26.1 Å². The van der Waals surface area contributed by atoms with E-state index in [9.17, 15) is 22.0 Å². The normalized spacial score (nSPS) is 15.1. The molecule has 4 rings (SSSR count). The number of carbonyl (C=O) groups is 1. The lowest BCUT2D eigenvalue weighted by atomic mass is 10.2. The van der Waals surface area contributed by atoms with Crippen LogP contribution in [0.4, 0.5) is 14.5 Å². The summed E-state index contributed by atoms with van der Waals surface area (Å²) in [5.41, 5.74) is 0.201. The van der Waals surface area contributed by atoms with Crippen molar-refractivity contribution < 1.29 is 26.7 Å². The predicted octanol–water partition coefficient (Wildman–Crippen LogP) is 5.61. The van der Waals surface area contributed by atoms with Crippen LogP contribution in [0, 0.1) is 0 Å². The SMILES string of the molecule is COc1ccc(S(=O)(=O)n2cc(C(F)F)c3ccc(Br)cc32)cc1N1CCN(C(=O)C(Cl)(Cl)Cl)CC1. The van der Waals surface area contributed by atoms with Crippen LogP contribution in [0.2, 0.25) is 0 Å². The zero-order chi connectivity index (χ0) is 26.4. The van der Waals surface area contributed by atoms with Crippen LogP contribution in [-0.2, 0) is 14.8 Å². The number of fused-ring (bicyclic) bond motifs is 1. The van der Waals surface area contributed by atoms with Crippen molar-refractivity contribution in [2.45, 2.75) is 15.1 Å². The third-order valence-electron chi connectivity index (χ3n) is 5.86. The van der Waals surface area contributed by atoms with Crippen molar-refractivity contribution >= 4 is 83.3 Å². The molecule has 1 fully saturated rings. The number of ether oxygens (including phenoxy) is 1. The Bertz CT molecular complexity index is 1420. The third-order valence-corrected chi connectivity index (χ3v) is 8.50. The fourth-order valence-electron chi connectivity index (χ4n) is 4.09. The smallest absolute Gasteiger partial charge is 0.274 e. The maximum absolute atomic E-state index is 13.7. The summed E-state index contributed by atoms with van der Waals surface area (Å²) in [5, 5.41) is 0.139. The molecular formula is C22H19BrCl3F2N3O4S. The molecule has 1 aliphatic rings. The number of amides is 1. The molecule has 0 saturated carbocycles. The lowest BCUT2D eigenvalue weighted by molar-refractivity contribution is -0.130. The van der Waals surface area contributed by atoms with E-state index in [0.717, 1.165) is 10.2 Å². The van der Waals surface area contributed by atoms with Gasteiger partial charge in [-0.2, -0.15) is 0 Å². The molecule has 1 saturated heterocycles. The molecule has 1 amide bonds. The molecule has 194 valence electrons. The van der Waals surface area contributed by atoms with E-state index in [4.69, 9.17) is 39.5 Å². The highest BCUT2D eigenvalue weighted by Gasteiger charge is 2.37. The van der Waals surface area contributed by atoms with Gasteiger partial charge in [0.1, 0.15) is 5.75 Å². The number of alkyl halides is 5. The van der Waals surface area contributed by atoms with Gasteiger partial charge in [0.15, 0.2) is 0 Å². The van der Waals surface area contributed by atoms with Gasteiger partial charge in [-0.25, -0.2) is 21.2 Å². The molecule has 0 aliphatic carbocycles. The second-order valence-electron chi connectivity index (χ2n) is 7.96. The minimum atomic E-state index is -4.26. The molecule has 0 radical (unpaired) electrons. The topological polar surface area (TPSA) is 71.9 Å². The van der Waals surface area contributed by atoms with Gasteiger partial charge in [0.25, 0.3) is 26.1 Å². The Kier molecular flexibility index (Phi) is 7.70. The highest BCUT2D eigenvalue weighted by molar-refractivity contribution is 9.10. The number of nitrogens with zero attached hydrogens (tertiary/aromatic N) is 3. The number of carbonyl (C=O) groups excluding carboxylic acids is 1. The van der Waals surface area contributed by atoms with Crippen molar-refractivity contribution in [1.29, 1.82) is 0 Å². The average molecular weight is 646 g/mol. The second-order valence-corrected chi connectivity index (χ2v) is 13.0. The van der Waals surface area contributed by atoms with Gasteiger partial charge in [-0.1, -0.05) is 56.8 Å². The Labute approximate surface area is 229 Å². The van der Waals surface area contributed by atoms with Crippen molar-refractivity contribution in [2.75, 3.05) is 38.2 Å². The van der Waals surface area contributed by atoms with Crippen molar-refractivity contribution in [3.05, 3.63) is 52.6 Å². The summed E-state index contributed by atoms with van der Waals surface area (Å²) >= 11 is 20.4. The monoisotopic (exact) mass is 643 g/mol. The Morgan fingerprint density at radius 2 is 1.75 bits per heavy atom. The van der Waals surface area contributed by atoms with Gasteiger partial charge in [-0.15, -0.1) is 0 Å². The van der Waals surface area contributed by atoms with Gasteiger partial charge in [0, 0.05) is 47.8 Å². The van der Waals surface area contributed by atoms with Crippen LogP contribution < -0.4 is 9.64 Å². The molecule has 36 heavy (non-hydrogen) atoms. The summed E-state index contributed by atoms with van der Waals surface area (Å²) in [6, 6.07) is 8.77. The van der Waals surface area contributed by atoms with Gasteiger partial charge in [0.05, 0.1) is 23.2 Å². The summed E-state index contributed by atoms with van der Waals surface area (Å²) in [4.78, 5) is 15.4. The Hall–Kier alpha value is -1.79. The molecule has 2 heterocycles. The van der Waals surface area contributed by atoms with E-state index in [0.29, 0.717) is 29.0 Å². The zero-order valence-electron chi connectivity index (χ0n) is 18.6. The number of benzene rings is 2. The van der Waals surface area contributed by atoms with Gasteiger partial charge >= 0.3 is 0 Å². The summed E-state index contributed by atoms with van der Waals surface area (Å²) in [6.45, 7) is 1.12. The summed E-state index contributed by atoms with van der Waals surface area (Å²) in [5.74, 6) is -0.237. The highest BCUT2D eigenvalue weighted by Crippen LogP contribution is 2.37. The number of piperazine rings is 1. The standard InChI is InChI=1S/C22H19BrCl3F2N3O4S/c1-35-19-5-3-14(11-18(19)29-6-8-30(9-7-29)21(32)22(24,25)26)36(33,34)31-12-16(20(27)28)15-4-2-13(23)10-17(15)31/h2-5,10-12,20H,6-9H2,1H3. The predicted molar refractivity (Wildman–Crippen MR) is 139 cm³/mol. The first-order chi connectivity index (χ1) is 16.8. The number of aromatic nitrogens is 1. The van der Waals surface area contributed by atoms with E-state index >= 15 is 0 Å². The van der Waals surface area contributed by atoms with E-state index in [-0.39, 0.29) is 34.5 Å². The van der Waals surface area contributed by atoms with Crippen molar-refractivity contribution in [3.8, 4) is 5.75 Å². The number of hydrogen-bond donors (Lipinski definition) is 0. The van der Waals surface area contributed by atoms with E-state index in [1.807, 2.05) is 4.90 Å². The Morgan fingerprint density at radius 3 is 2.33 bits per heavy atom. The average Bonchev–Trinajstić information content (AvgIpc) is 3.22. The molecule has 1 aromatic heterocycles. The number of anilines is 1. The molecule has 14 heteroatoms. The molecule has 0 unspecified atom stereocenters. The molecule has 2 aromatic carbocycles. The molecule has 0 bridgehead atoms. The van der Waals surface area contributed by atoms with Gasteiger partial charge in [-0.05, 0) is 30.3 Å². The van der Waals surface area contributed by atoms with Crippen LogP contribution in [0.5, 0.6) is 5.75 Å². The van der Waals surface area contributed by atoms with Crippen LogP contribution in [0.1, 0.15) is 12.0 Å². The largest absolute Gasteiger partial charge is 0.495 e. The van der Waals surface area contributed by atoms with Crippen molar-refractivity contribution in [3.63, 3.8) is 0 Å². The fraction of sp³-hybridized carbons (Fsp3) is 0.318. The van der Waals surface area contributed by atoms with Crippen LogP contribution in [-0.4, -0.2) is 60.3 Å². The molecule has 3 aromatic rings. The van der Waals surface area contributed by atoms with Gasteiger partial charge in [0.2, 0.25) is 0 Å². The van der Waals surface area contributed by atoms with Crippen LogP contribution in [0.15, 0.2) is 52.0 Å². The first-order valence-electron chi connectivity index (χ1n) is 10.5. The first-order valence-corrected chi connectivity index (χ1v) is 13.8. The fourth-order valence-corrected chi connectivity index (χ4v) is 6.19. The van der Waals surface area contributed by atoms with E-state index in [1.54, 1.807) is 6.07 Å². The number of methoxy groups -OCH3 is 1. The van der Waals surface area contributed by atoms with Gasteiger partial charge < -0.3 is 14.5 Å². The Balaban J connectivity index is 1.72. The molecule has 0 atom stereocenters. The minimum absolute atomic E-state index is 0.115. The maximum atomic E-state index is 13.7. The summed E-state index contributed by atoms with van der Waals surface area (Å²) in [7, 11) is -2.82. The van der Waals surface area contributed by atoms with Crippen LogP contribution in [0.3, 0.4) is 0 Å².